The van der Waals surface area contributed by atoms with Crippen molar-refractivity contribution in [3.63, 3.8) is 0 Å². The summed E-state index contributed by atoms with van der Waals surface area (Å²) < 4.78 is 12.2. The number of para-hydroxylation sites is 1. The Bertz CT molecular complexity index is 1700. The predicted octanol–water partition coefficient (Wildman–Crippen LogP) is 7.05. The monoisotopic (exact) mass is 593 g/mol. The molecule has 0 fully saturated rings. The molecule has 7 nitrogen and oxygen atoms in total. The number of ether oxygens (including phenoxy) is 2. The minimum atomic E-state index is -0.484. The minimum Gasteiger partial charge on any atom is -0.490 e. The Morgan fingerprint density at radius 3 is 2.42 bits per heavy atom. The molecule has 0 unspecified atom stereocenters. The number of hydrogen-bond acceptors (Lipinski definition) is 6. The molecule has 0 atom stereocenters. The van der Waals surface area contributed by atoms with Crippen molar-refractivity contribution in [2.24, 2.45) is 5.10 Å². The van der Waals surface area contributed by atoms with Gasteiger partial charge in [-0.2, -0.15) is 5.10 Å². The van der Waals surface area contributed by atoms with Gasteiger partial charge in [-0.3, -0.25) is 4.79 Å². The molecule has 5 aromatic rings. The van der Waals surface area contributed by atoms with Crippen LogP contribution in [0, 0.1) is 0 Å². The summed E-state index contributed by atoms with van der Waals surface area (Å²) in [6.45, 7) is 2.22. The number of pyridine rings is 1. The molecule has 40 heavy (non-hydrogen) atoms. The molecule has 0 saturated heterocycles. The number of esters is 1. The van der Waals surface area contributed by atoms with Crippen molar-refractivity contribution in [1.82, 2.24) is 10.4 Å². The van der Waals surface area contributed by atoms with E-state index in [2.05, 4.69) is 26.5 Å². The maximum Gasteiger partial charge on any atom is 0.343 e. The Morgan fingerprint density at radius 1 is 0.900 bits per heavy atom. The maximum atomic E-state index is 13.2. The molecule has 0 aliphatic heterocycles. The third kappa shape index (κ3) is 6.24. The topological polar surface area (TPSA) is 89.9 Å². The van der Waals surface area contributed by atoms with Crippen LogP contribution in [0.4, 0.5) is 0 Å². The highest BCUT2D eigenvalue weighted by Crippen LogP contribution is 2.29. The average molecular weight is 594 g/mol. The first-order chi connectivity index (χ1) is 19.5. The zero-order chi connectivity index (χ0) is 27.9. The van der Waals surface area contributed by atoms with E-state index < -0.39 is 5.97 Å². The van der Waals surface area contributed by atoms with Crippen LogP contribution < -0.4 is 14.9 Å². The molecule has 0 spiro atoms. The fourth-order valence-corrected chi connectivity index (χ4v) is 4.31. The molecule has 198 valence electrons. The highest BCUT2D eigenvalue weighted by Gasteiger charge is 2.15. The summed E-state index contributed by atoms with van der Waals surface area (Å²) >= 11 is 3.45. The SMILES string of the molecule is CCOc1cc(/C=N\NC(=O)c2cc(-c3ccc(Br)cc3)nc3ccccc23)ccc1OC(=O)c1ccccc1. The second-order valence-corrected chi connectivity index (χ2v) is 9.59. The number of nitrogens with one attached hydrogen (secondary N) is 1. The number of aromatic nitrogens is 1. The molecule has 0 bridgehead atoms. The first kappa shape index (κ1) is 26.8. The molecule has 0 aliphatic rings. The van der Waals surface area contributed by atoms with Gasteiger partial charge in [-0.05, 0) is 67.1 Å². The van der Waals surface area contributed by atoms with Crippen LogP contribution in [0.15, 0.2) is 113 Å². The Morgan fingerprint density at radius 2 is 1.65 bits per heavy atom. The first-order valence-corrected chi connectivity index (χ1v) is 13.3. The summed E-state index contributed by atoms with van der Waals surface area (Å²) in [5.41, 5.74) is 6.44. The molecule has 8 heteroatoms. The Kier molecular flexibility index (Phi) is 8.27. The zero-order valence-corrected chi connectivity index (χ0v) is 23.1. The van der Waals surface area contributed by atoms with E-state index in [1.54, 1.807) is 48.5 Å². The van der Waals surface area contributed by atoms with Gasteiger partial charge >= 0.3 is 5.97 Å². The molecular weight excluding hydrogens is 570 g/mol. The normalized spacial score (nSPS) is 10.9. The van der Waals surface area contributed by atoms with Crippen molar-refractivity contribution in [2.75, 3.05) is 6.61 Å². The number of carbonyl (C=O) groups is 2. The van der Waals surface area contributed by atoms with Crippen LogP contribution in [-0.2, 0) is 0 Å². The van der Waals surface area contributed by atoms with E-state index in [9.17, 15) is 9.59 Å². The first-order valence-electron chi connectivity index (χ1n) is 12.5. The lowest BCUT2D eigenvalue weighted by Gasteiger charge is -2.11. The van der Waals surface area contributed by atoms with E-state index in [-0.39, 0.29) is 5.91 Å². The lowest BCUT2D eigenvalue weighted by atomic mass is 10.0. The van der Waals surface area contributed by atoms with Gasteiger partial charge in [0.1, 0.15) is 0 Å². The van der Waals surface area contributed by atoms with Crippen molar-refractivity contribution >= 4 is 44.9 Å². The molecule has 5 rings (SSSR count). The number of carbonyl (C=O) groups excluding carboxylic acids is 2. The van der Waals surface area contributed by atoms with Gasteiger partial charge in [-0.25, -0.2) is 15.2 Å². The number of hydrazone groups is 1. The van der Waals surface area contributed by atoms with E-state index in [1.807, 2.05) is 61.5 Å². The molecule has 0 aliphatic carbocycles. The Labute approximate surface area is 239 Å². The van der Waals surface area contributed by atoms with Crippen LogP contribution >= 0.6 is 15.9 Å². The second kappa shape index (κ2) is 12.4. The lowest BCUT2D eigenvalue weighted by Crippen LogP contribution is -2.18. The largest absolute Gasteiger partial charge is 0.490 e. The molecule has 1 N–H and O–H groups in total. The number of rotatable bonds is 8. The number of halogens is 1. The molecule has 0 radical (unpaired) electrons. The van der Waals surface area contributed by atoms with Gasteiger partial charge in [0.05, 0.1) is 35.2 Å². The van der Waals surface area contributed by atoms with Crippen LogP contribution in [-0.4, -0.2) is 29.7 Å². The van der Waals surface area contributed by atoms with Gasteiger partial charge < -0.3 is 9.47 Å². The fourth-order valence-electron chi connectivity index (χ4n) is 4.05. The minimum absolute atomic E-state index is 0.292. The summed E-state index contributed by atoms with van der Waals surface area (Å²) in [4.78, 5) is 30.5. The summed E-state index contributed by atoms with van der Waals surface area (Å²) in [5.74, 6) is -0.170. The number of benzene rings is 4. The summed E-state index contributed by atoms with van der Waals surface area (Å²) in [5, 5.41) is 4.89. The molecule has 1 amide bonds. The van der Waals surface area contributed by atoms with Crippen LogP contribution in [0.2, 0.25) is 0 Å². The van der Waals surface area contributed by atoms with Crippen molar-refractivity contribution < 1.29 is 19.1 Å². The molecular formula is C32H24BrN3O4. The van der Waals surface area contributed by atoms with Crippen molar-refractivity contribution in [3.8, 4) is 22.8 Å². The summed E-state index contributed by atoms with van der Waals surface area (Å²) in [6.07, 6.45) is 1.50. The van der Waals surface area contributed by atoms with Gasteiger partial charge in [0, 0.05) is 15.4 Å². The number of nitrogens with zero attached hydrogens (tertiary/aromatic N) is 2. The highest BCUT2D eigenvalue weighted by atomic mass is 79.9. The smallest absolute Gasteiger partial charge is 0.343 e. The van der Waals surface area contributed by atoms with Crippen molar-refractivity contribution in [1.29, 1.82) is 0 Å². The summed E-state index contributed by atoms with van der Waals surface area (Å²) in [7, 11) is 0. The predicted molar refractivity (Wildman–Crippen MR) is 159 cm³/mol. The third-order valence-corrected chi connectivity index (χ3v) is 6.49. The van der Waals surface area contributed by atoms with Crippen LogP contribution in [0.25, 0.3) is 22.2 Å². The fraction of sp³-hybridized carbons (Fsp3) is 0.0625. The zero-order valence-electron chi connectivity index (χ0n) is 21.5. The van der Waals surface area contributed by atoms with E-state index in [0.29, 0.717) is 46.0 Å². The third-order valence-electron chi connectivity index (χ3n) is 5.96. The van der Waals surface area contributed by atoms with E-state index in [4.69, 9.17) is 14.5 Å². The van der Waals surface area contributed by atoms with Crippen molar-refractivity contribution in [2.45, 2.75) is 6.92 Å². The van der Waals surface area contributed by atoms with E-state index in [1.165, 1.54) is 6.21 Å². The van der Waals surface area contributed by atoms with E-state index in [0.717, 1.165) is 15.4 Å². The van der Waals surface area contributed by atoms with Crippen LogP contribution in [0.5, 0.6) is 11.5 Å². The standard InChI is InChI=1S/C32H24BrN3O4/c1-2-39-30-18-21(12-17-29(30)40-32(38)23-8-4-3-5-9-23)20-34-36-31(37)26-19-28(22-13-15-24(33)16-14-22)35-27-11-7-6-10-25(26)27/h3-20H,2H2,1H3,(H,36,37)/b34-20-. The molecule has 1 heterocycles. The Hall–Kier alpha value is -4.82. The van der Waals surface area contributed by atoms with Gasteiger partial charge in [-0.15, -0.1) is 0 Å². The lowest BCUT2D eigenvalue weighted by molar-refractivity contribution is 0.0728. The maximum absolute atomic E-state index is 13.2. The van der Waals surface area contributed by atoms with E-state index >= 15 is 0 Å². The number of fused-ring (bicyclic) bond motifs is 1. The van der Waals surface area contributed by atoms with Gasteiger partial charge in [0.25, 0.3) is 5.91 Å². The van der Waals surface area contributed by atoms with Gasteiger partial charge in [0.2, 0.25) is 0 Å². The number of hydrogen-bond donors (Lipinski definition) is 1. The summed E-state index contributed by atoms with van der Waals surface area (Å²) in [6, 6.07) is 30.8. The van der Waals surface area contributed by atoms with Crippen molar-refractivity contribution in [3.05, 3.63) is 124 Å². The quantitative estimate of drug-likeness (QED) is 0.0901. The van der Waals surface area contributed by atoms with Crippen LogP contribution in [0.3, 0.4) is 0 Å². The molecule has 1 aromatic heterocycles. The van der Waals surface area contributed by atoms with Crippen LogP contribution in [0.1, 0.15) is 33.2 Å². The highest BCUT2D eigenvalue weighted by molar-refractivity contribution is 9.10. The van der Waals surface area contributed by atoms with Gasteiger partial charge in [-0.1, -0.05) is 64.5 Å². The second-order valence-electron chi connectivity index (χ2n) is 8.67. The molecule has 4 aromatic carbocycles. The van der Waals surface area contributed by atoms with Gasteiger partial charge in [0.15, 0.2) is 11.5 Å². The average Bonchev–Trinajstić information content (AvgIpc) is 2.98. The number of amides is 1. The Balaban J connectivity index is 1.36. The molecule has 0 saturated carbocycles.